The van der Waals surface area contributed by atoms with Crippen LogP contribution in [0.5, 0.6) is 5.88 Å². The van der Waals surface area contributed by atoms with Crippen LogP contribution in [-0.2, 0) is 12.7 Å². The topological polar surface area (TPSA) is 37.4 Å². The van der Waals surface area contributed by atoms with Gasteiger partial charge < -0.3 is 10.1 Å². The first-order valence-electron chi connectivity index (χ1n) is 8.14. The van der Waals surface area contributed by atoms with Gasteiger partial charge >= 0.3 is 6.18 Å². The van der Waals surface area contributed by atoms with E-state index in [4.69, 9.17) is 4.74 Å². The number of rotatable bonds is 5. The number of aromatic nitrogens is 1. The van der Waals surface area contributed by atoms with Gasteiger partial charge in [-0.3, -0.25) is 4.90 Å². The molecule has 1 unspecified atom stereocenters. The van der Waals surface area contributed by atoms with Crippen LogP contribution >= 0.6 is 0 Å². The molecule has 0 bridgehead atoms. The highest BCUT2D eigenvalue weighted by atomic mass is 19.4. The fourth-order valence-corrected chi connectivity index (χ4v) is 2.91. The van der Waals surface area contributed by atoms with Crippen molar-refractivity contribution in [1.82, 2.24) is 9.88 Å². The highest BCUT2D eigenvalue weighted by Gasteiger charge is 2.32. The number of benzene rings is 1. The number of anilines is 1. The molecule has 0 aliphatic carbocycles. The Kier molecular flexibility index (Phi) is 5.13. The molecular formula is C18H20F3N3O. The standard InChI is InChI=1S/C18H20F3N3O/c1-22-16-9-14(18(19,20)21)10-17(23-16)25-15-7-8-24(12-15)11-13-5-3-2-4-6-13/h2-6,9-10,15H,7-8,11-12H2,1H3,(H,22,23). The maximum atomic E-state index is 13.0. The van der Waals surface area contributed by atoms with Crippen LogP contribution < -0.4 is 10.1 Å². The largest absolute Gasteiger partial charge is 0.473 e. The molecule has 1 atom stereocenters. The number of hydrogen-bond acceptors (Lipinski definition) is 4. The molecule has 0 amide bonds. The number of alkyl halides is 3. The van der Waals surface area contributed by atoms with Gasteiger partial charge in [-0.05, 0) is 18.1 Å². The molecule has 2 aromatic rings. The predicted octanol–water partition coefficient (Wildman–Crippen LogP) is 3.80. The summed E-state index contributed by atoms with van der Waals surface area (Å²) in [5, 5.41) is 2.64. The summed E-state index contributed by atoms with van der Waals surface area (Å²) in [6.07, 6.45) is -3.83. The summed E-state index contributed by atoms with van der Waals surface area (Å²) < 4.78 is 44.7. The second-order valence-corrected chi connectivity index (χ2v) is 6.08. The van der Waals surface area contributed by atoms with Gasteiger partial charge in [0.05, 0.1) is 5.56 Å². The molecule has 25 heavy (non-hydrogen) atoms. The fraction of sp³-hybridized carbons (Fsp3) is 0.389. The zero-order valence-electron chi connectivity index (χ0n) is 13.9. The quantitative estimate of drug-likeness (QED) is 0.889. The molecule has 1 N–H and O–H groups in total. The van der Waals surface area contributed by atoms with E-state index in [1.165, 1.54) is 12.6 Å². The monoisotopic (exact) mass is 351 g/mol. The smallest absolute Gasteiger partial charge is 0.416 e. The second-order valence-electron chi connectivity index (χ2n) is 6.08. The first-order valence-corrected chi connectivity index (χ1v) is 8.14. The molecule has 0 spiro atoms. The lowest BCUT2D eigenvalue weighted by Crippen LogP contribution is -2.25. The number of halogens is 3. The minimum absolute atomic E-state index is 0.00531. The zero-order chi connectivity index (χ0) is 17.9. The van der Waals surface area contributed by atoms with Gasteiger partial charge in [-0.25, -0.2) is 0 Å². The lowest BCUT2D eigenvalue weighted by molar-refractivity contribution is -0.137. The minimum Gasteiger partial charge on any atom is -0.473 e. The van der Waals surface area contributed by atoms with Gasteiger partial charge in [-0.1, -0.05) is 30.3 Å². The van der Waals surface area contributed by atoms with Gasteiger partial charge in [-0.15, -0.1) is 0 Å². The Morgan fingerprint density at radius 2 is 2.00 bits per heavy atom. The van der Waals surface area contributed by atoms with Crippen LogP contribution in [-0.4, -0.2) is 36.1 Å². The van der Waals surface area contributed by atoms with Gasteiger partial charge in [0.15, 0.2) is 0 Å². The third-order valence-electron chi connectivity index (χ3n) is 4.15. The summed E-state index contributed by atoms with van der Waals surface area (Å²) in [7, 11) is 1.53. The highest BCUT2D eigenvalue weighted by Crippen LogP contribution is 2.33. The highest BCUT2D eigenvalue weighted by molar-refractivity contribution is 5.42. The lowest BCUT2D eigenvalue weighted by atomic mass is 10.2. The van der Waals surface area contributed by atoms with Crippen molar-refractivity contribution in [3.05, 3.63) is 53.6 Å². The van der Waals surface area contributed by atoms with E-state index in [0.717, 1.165) is 31.6 Å². The van der Waals surface area contributed by atoms with Crippen LogP contribution in [0.2, 0.25) is 0 Å². The van der Waals surface area contributed by atoms with Crippen LogP contribution in [0.15, 0.2) is 42.5 Å². The number of pyridine rings is 1. The summed E-state index contributed by atoms with van der Waals surface area (Å²) >= 11 is 0. The van der Waals surface area contributed by atoms with Gasteiger partial charge in [0.25, 0.3) is 0 Å². The van der Waals surface area contributed by atoms with E-state index in [1.54, 1.807) is 0 Å². The lowest BCUT2D eigenvalue weighted by Gasteiger charge is -2.17. The van der Waals surface area contributed by atoms with Crippen LogP contribution in [0.1, 0.15) is 17.5 Å². The molecule has 4 nitrogen and oxygen atoms in total. The first kappa shape index (κ1) is 17.5. The molecule has 0 radical (unpaired) electrons. The average molecular weight is 351 g/mol. The Bertz CT molecular complexity index is 706. The molecule has 1 aromatic carbocycles. The Morgan fingerprint density at radius 3 is 2.68 bits per heavy atom. The maximum Gasteiger partial charge on any atom is 0.416 e. The van der Waals surface area contributed by atoms with Crippen molar-refractivity contribution in [2.45, 2.75) is 25.2 Å². The van der Waals surface area contributed by atoms with Gasteiger partial charge in [-0.2, -0.15) is 18.2 Å². The summed E-state index contributed by atoms with van der Waals surface area (Å²) in [6, 6.07) is 12.0. The molecule has 1 fully saturated rings. The molecule has 1 aliphatic rings. The molecule has 7 heteroatoms. The molecule has 1 saturated heterocycles. The van der Waals surface area contributed by atoms with Crippen LogP contribution in [0, 0.1) is 0 Å². The van der Waals surface area contributed by atoms with Crippen LogP contribution in [0.4, 0.5) is 19.0 Å². The summed E-state index contributed by atoms with van der Waals surface area (Å²) in [5.74, 6) is 0.148. The molecule has 3 rings (SSSR count). The Balaban J connectivity index is 1.65. The molecule has 0 saturated carbocycles. The molecule has 1 aliphatic heterocycles. The maximum absolute atomic E-state index is 13.0. The van der Waals surface area contributed by atoms with Crippen molar-refractivity contribution < 1.29 is 17.9 Å². The van der Waals surface area contributed by atoms with E-state index < -0.39 is 11.7 Å². The van der Waals surface area contributed by atoms with Crippen molar-refractivity contribution in [2.24, 2.45) is 0 Å². The number of nitrogens with zero attached hydrogens (tertiary/aromatic N) is 2. The van der Waals surface area contributed by atoms with Gasteiger partial charge in [0, 0.05) is 32.7 Å². The van der Waals surface area contributed by atoms with Crippen LogP contribution in [0.3, 0.4) is 0 Å². The normalized spacial score (nSPS) is 18.3. The first-order chi connectivity index (χ1) is 11.9. The third kappa shape index (κ3) is 4.63. The minimum atomic E-state index is -4.43. The number of hydrogen-bond donors (Lipinski definition) is 1. The van der Waals surface area contributed by atoms with E-state index in [1.807, 2.05) is 18.2 Å². The summed E-state index contributed by atoms with van der Waals surface area (Å²) in [6.45, 7) is 2.32. The number of nitrogens with one attached hydrogen (secondary N) is 1. The van der Waals surface area contributed by atoms with E-state index in [0.29, 0.717) is 6.54 Å². The third-order valence-corrected chi connectivity index (χ3v) is 4.15. The Labute approximate surface area is 144 Å². The molecule has 134 valence electrons. The number of ether oxygens (including phenoxy) is 1. The summed E-state index contributed by atoms with van der Waals surface area (Å²) in [4.78, 5) is 6.31. The molecular weight excluding hydrogens is 331 g/mol. The van der Waals surface area contributed by atoms with Crippen molar-refractivity contribution in [3.63, 3.8) is 0 Å². The van der Waals surface area contributed by atoms with Crippen molar-refractivity contribution in [2.75, 3.05) is 25.5 Å². The van der Waals surface area contributed by atoms with Crippen molar-refractivity contribution in [1.29, 1.82) is 0 Å². The SMILES string of the molecule is CNc1cc(C(F)(F)F)cc(OC2CCN(Cc3ccccc3)C2)n1. The van der Waals surface area contributed by atoms with Crippen LogP contribution in [0.25, 0.3) is 0 Å². The second kappa shape index (κ2) is 7.31. The van der Waals surface area contributed by atoms with Gasteiger partial charge in [0.1, 0.15) is 11.9 Å². The zero-order valence-corrected chi connectivity index (χ0v) is 13.9. The molecule has 1 aromatic heterocycles. The fourth-order valence-electron chi connectivity index (χ4n) is 2.91. The van der Waals surface area contributed by atoms with E-state index in [9.17, 15) is 13.2 Å². The summed E-state index contributed by atoms with van der Waals surface area (Å²) in [5.41, 5.74) is 0.443. The average Bonchev–Trinajstić information content (AvgIpc) is 3.01. The van der Waals surface area contributed by atoms with E-state index in [2.05, 4.69) is 27.3 Å². The van der Waals surface area contributed by atoms with E-state index in [-0.39, 0.29) is 17.8 Å². The van der Waals surface area contributed by atoms with Gasteiger partial charge in [0.2, 0.25) is 5.88 Å². The Hall–Kier alpha value is -2.28. The Morgan fingerprint density at radius 1 is 1.24 bits per heavy atom. The van der Waals surface area contributed by atoms with Crippen molar-refractivity contribution in [3.8, 4) is 5.88 Å². The molecule has 2 heterocycles. The number of likely N-dealkylation sites (tertiary alicyclic amines) is 1. The predicted molar refractivity (Wildman–Crippen MR) is 89.5 cm³/mol. The van der Waals surface area contributed by atoms with Crippen molar-refractivity contribution >= 4 is 5.82 Å². The van der Waals surface area contributed by atoms with E-state index >= 15 is 0 Å².